The van der Waals surface area contributed by atoms with Crippen molar-refractivity contribution in [2.75, 3.05) is 18.4 Å². The van der Waals surface area contributed by atoms with Crippen LogP contribution in [0.15, 0.2) is 83.8 Å². The molecule has 0 atom stereocenters. The van der Waals surface area contributed by atoms with Gasteiger partial charge in [0.2, 0.25) is 15.9 Å². The summed E-state index contributed by atoms with van der Waals surface area (Å²) in [5.41, 5.74) is 0.552. The lowest BCUT2D eigenvalue weighted by molar-refractivity contribution is -0.120. The van der Waals surface area contributed by atoms with Crippen molar-refractivity contribution in [3.05, 3.63) is 84.7 Å². The van der Waals surface area contributed by atoms with Gasteiger partial charge in [-0.2, -0.15) is 4.31 Å². The van der Waals surface area contributed by atoms with Crippen LogP contribution in [-0.4, -0.2) is 31.7 Å². The summed E-state index contributed by atoms with van der Waals surface area (Å²) in [6.45, 7) is 0.387. The van der Waals surface area contributed by atoms with Gasteiger partial charge in [0.05, 0.1) is 10.6 Å². The van der Waals surface area contributed by atoms with Crippen LogP contribution in [0.3, 0.4) is 0 Å². The summed E-state index contributed by atoms with van der Waals surface area (Å²) in [6, 6.07) is 21.4. The topological polar surface area (TPSA) is 75.7 Å². The molecule has 1 N–H and O–H groups in total. The van der Waals surface area contributed by atoms with Crippen molar-refractivity contribution in [1.29, 1.82) is 0 Å². The molecule has 0 bridgehead atoms. The largest absolute Gasteiger partial charge is 0.455 e. The van der Waals surface area contributed by atoms with Gasteiger partial charge in [0.1, 0.15) is 11.6 Å². The first-order chi connectivity index (χ1) is 15.4. The molecule has 1 saturated heterocycles. The van der Waals surface area contributed by atoms with Crippen LogP contribution in [-0.2, 0) is 14.8 Å². The summed E-state index contributed by atoms with van der Waals surface area (Å²) in [4.78, 5) is 12.8. The van der Waals surface area contributed by atoms with Gasteiger partial charge in [-0.1, -0.05) is 36.4 Å². The zero-order chi connectivity index (χ0) is 22.6. The van der Waals surface area contributed by atoms with Crippen LogP contribution in [0.5, 0.6) is 11.5 Å². The van der Waals surface area contributed by atoms with E-state index in [0.29, 0.717) is 30.0 Å². The van der Waals surface area contributed by atoms with Crippen LogP contribution in [0.25, 0.3) is 0 Å². The van der Waals surface area contributed by atoms with Crippen LogP contribution in [0.1, 0.15) is 12.8 Å². The first kappa shape index (κ1) is 22.0. The first-order valence-corrected chi connectivity index (χ1v) is 11.8. The number of rotatable bonds is 6. The lowest BCUT2D eigenvalue weighted by atomic mass is 9.97. The molecule has 1 fully saturated rings. The molecular weight excluding hydrogens is 431 g/mol. The molecule has 0 saturated carbocycles. The molecule has 1 aliphatic rings. The Morgan fingerprint density at radius 3 is 2.34 bits per heavy atom. The van der Waals surface area contributed by atoms with E-state index in [0.717, 1.165) is 6.07 Å². The van der Waals surface area contributed by atoms with Crippen LogP contribution in [0.4, 0.5) is 10.1 Å². The van der Waals surface area contributed by atoms with Crippen molar-refractivity contribution in [3.63, 3.8) is 0 Å². The van der Waals surface area contributed by atoms with Gasteiger partial charge in [-0.3, -0.25) is 4.79 Å². The number of hydrogen-bond acceptors (Lipinski definition) is 4. The van der Waals surface area contributed by atoms with Gasteiger partial charge in [0, 0.05) is 19.0 Å². The Kier molecular flexibility index (Phi) is 6.53. The third-order valence-corrected chi connectivity index (χ3v) is 7.27. The van der Waals surface area contributed by atoms with E-state index in [9.17, 15) is 17.6 Å². The van der Waals surface area contributed by atoms with E-state index in [4.69, 9.17) is 4.74 Å². The minimum atomic E-state index is -3.79. The summed E-state index contributed by atoms with van der Waals surface area (Å²) < 4.78 is 46.2. The van der Waals surface area contributed by atoms with Gasteiger partial charge in [0.15, 0.2) is 5.75 Å². The number of halogens is 1. The van der Waals surface area contributed by atoms with Crippen LogP contribution in [0.2, 0.25) is 0 Å². The predicted molar refractivity (Wildman–Crippen MR) is 119 cm³/mol. The van der Waals surface area contributed by atoms with Crippen molar-refractivity contribution in [2.24, 2.45) is 5.92 Å². The van der Waals surface area contributed by atoms with E-state index >= 15 is 0 Å². The number of carbonyl (C=O) groups excluding carboxylic acids is 1. The first-order valence-electron chi connectivity index (χ1n) is 10.3. The molecular formula is C24H23FN2O4S. The van der Waals surface area contributed by atoms with E-state index in [1.54, 1.807) is 12.1 Å². The van der Waals surface area contributed by atoms with E-state index < -0.39 is 15.8 Å². The fourth-order valence-electron chi connectivity index (χ4n) is 3.64. The highest BCUT2D eigenvalue weighted by molar-refractivity contribution is 7.89. The molecule has 166 valence electrons. The monoisotopic (exact) mass is 454 g/mol. The predicted octanol–water partition coefficient (Wildman–Crippen LogP) is 4.66. The standard InChI is InChI=1S/C24H23FN2O4S/c25-19-7-6-10-21(17-19)32(29,30)27-15-13-18(14-16-27)24(28)26-22-11-4-5-12-23(22)31-20-8-2-1-3-9-20/h1-12,17-18H,13-16H2,(H,26,28). The van der Waals surface area contributed by atoms with E-state index in [2.05, 4.69) is 5.32 Å². The van der Waals surface area contributed by atoms with Gasteiger partial charge < -0.3 is 10.1 Å². The number of ether oxygens (including phenoxy) is 1. The summed E-state index contributed by atoms with van der Waals surface area (Å²) in [5, 5.41) is 2.91. The van der Waals surface area contributed by atoms with Gasteiger partial charge in [-0.15, -0.1) is 0 Å². The number of amides is 1. The maximum absolute atomic E-state index is 13.5. The molecule has 3 aromatic rings. The third kappa shape index (κ3) is 4.98. The number of para-hydroxylation sites is 3. The lowest BCUT2D eigenvalue weighted by Crippen LogP contribution is -2.41. The third-order valence-electron chi connectivity index (χ3n) is 5.37. The number of piperidine rings is 1. The van der Waals surface area contributed by atoms with Crippen LogP contribution < -0.4 is 10.1 Å². The second-order valence-electron chi connectivity index (χ2n) is 7.54. The highest BCUT2D eigenvalue weighted by Crippen LogP contribution is 2.31. The van der Waals surface area contributed by atoms with E-state index in [-0.39, 0.29) is 29.8 Å². The van der Waals surface area contributed by atoms with E-state index in [1.165, 1.54) is 22.5 Å². The number of carbonyl (C=O) groups is 1. The minimum Gasteiger partial charge on any atom is -0.455 e. The summed E-state index contributed by atoms with van der Waals surface area (Å²) in [5.74, 6) is 0.0654. The molecule has 0 aromatic heterocycles. The number of hydrogen-bond donors (Lipinski definition) is 1. The molecule has 1 amide bonds. The maximum Gasteiger partial charge on any atom is 0.243 e. The van der Waals surface area contributed by atoms with Crippen LogP contribution in [0, 0.1) is 11.7 Å². The SMILES string of the molecule is O=C(Nc1ccccc1Oc1ccccc1)C1CCN(S(=O)(=O)c2cccc(F)c2)CC1. The van der Waals surface area contributed by atoms with Crippen LogP contribution >= 0.6 is 0 Å². The Labute approximate surface area is 186 Å². The van der Waals surface area contributed by atoms with Crippen molar-refractivity contribution in [3.8, 4) is 11.5 Å². The Morgan fingerprint density at radius 2 is 1.62 bits per heavy atom. The quantitative estimate of drug-likeness (QED) is 0.588. The van der Waals surface area contributed by atoms with Gasteiger partial charge in [-0.25, -0.2) is 12.8 Å². The van der Waals surface area contributed by atoms with Gasteiger partial charge in [0.25, 0.3) is 0 Å². The number of benzene rings is 3. The van der Waals surface area contributed by atoms with Gasteiger partial charge in [-0.05, 0) is 55.3 Å². The molecule has 8 heteroatoms. The Morgan fingerprint density at radius 1 is 0.938 bits per heavy atom. The van der Waals surface area contributed by atoms with E-state index in [1.807, 2.05) is 42.5 Å². The molecule has 0 aliphatic carbocycles. The number of nitrogens with zero attached hydrogens (tertiary/aromatic N) is 1. The highest BCUT2D eigenvalue weighted by Gasteiger charge is 2.32. The Balaban J connectivity index is 1.39. The summed E-state index contributed by atoms with van der Waals surface area (Å²) >= 11 is 0. The second kappa shape index (κ2) is 9.50. The molecule has 0 radical (unpaired) electrons. The summed E-state index contributed by atoms with van der Waals surface area (Å²) in [6.07, 6.45) is 0.754. The fourth-order valence-corrected chi connectivity index (χ4v) is 5.15. The minimum absolute atomic E-state index is 0.0765. The molecule has 4 rings (SSSR count). The fraction of sp³-hybridized carbons (Fsp3) is 0.208. The zero-order valence-corrected chi connectivity index (χ0v) is 18.1. The number of anilines is 1. The zero-order valence-electron chi connectivity index (χ0n) is 17.3. The molecule has 0 unspecified atom stereocenters. The lowest BCUT2D eigenvalue weighted by Gasteiger charge is -2.30. The molecule has 1 heterocycles. The second-order valence-corrected chi connectivity index (χ2v) is 9.47. The maximum atomic E-state index is 13.5. The van der Waals surface area contributed by atoms with Crippen molar-refractivity contribution in [1.82, 2.24) is 4.31 Å². The average Bonchev–Trinajstić information content (AvgIpc) is 2.81. The molecule has 0 spiro atoms. The smallest absolute Gasteiger partial charge is 0.243 e. The molecule has 3 aromatic carbocycles. The van der Waals surface area contributed by atoms with Gasteiger partial charge >= 0.3 is 0 Å². The Bertz CT molecular complexity index is 1190. The van der Waals surface area contributed by atoms with Crippen molar-refractivity contribution >= 4 is 21.6 Å². The normalized spacial score (nSPS) is 15.3. The molecule has 1 aliphatic heterocycles. The highest BCUT2D eigenvalue weighted by atomic mass is 32.2. The molecule has 32 heavy (non-hydrogen) atoms. The number of sulfonamides is 1. The summed E-state index contributed by atoms with van der Waals surface area (Å²) in [7, 11) is -3.79. The average molecular weight is 455 g/mol. The van der Waals surface area contributed by atoms with Crippen molar-refractivity contribution in [2.45, 2.75) is 17.7 Å². The molecule has 6 nitrogen and oxygen atoms in total. The Hall–Kier alpha value is -3.23. The van der Waals surface area contributed by atoms with Crippen molar-refractivity contribution < 1.29 is 22.3 Å². The number of nitrogens with one attached hydrogen (secondary N) is 1.